The number of hydrogen-bond donors (Lipinski definition) is 6. The van der Waals surface area contributed by atoms with Crippen LogP contribution in [0.25, 0.3) is 0 Å². The molecule has 4 aliphatic carbocycles. The second-order valence-corrected chi connectivity index (χ2v) is 19.8. The van der Waals surface area contributed by atoms with Crippen LogP contribution >= 0.6 is 0 Å². The van der Waals surface area contributed by atoms with Gasteiger partial charge in [0.25, 0.3) is 0 Å². The highest BCUT2D eigenvalue weighted by Crippen LogP contribution is 2.68. The average Bonchev–Trinajstić information content (AvgIpc) is 3.52. The molecule has 5 fully saturated rings. The SMILES string of the molecule is COc1ccc(C(=O)O[C@H]2[C@H](O[C@@H]3[C@@H](OC(C)=O)[C@H](O[C@H]4C=C5C[C@@H](O)CC[C@]5(C)C5CC[C@@]6(C)C(C[C@H](O)[C@@H]6[C@H](C)CCC[C@@H](C)CO)C54)OC[C@@H]3O)OC[C@@H](O)[C@@H]2O)cc1. The van der Waals surface area contributed by atoms with Crippen LogP contribution in [0.15, 0.2) is 35.9 Å². The van der Waals surface area contributed by atoms with Crippen molar-refractivity contribution in [2.75, 3.05) is 26.9 Å². The molecule has 348 valence electrons. The zero-order valence-corrected chi connectivity index (χ0v) is 37.0. The normalized spacial score (nSPS) is 42.6. The third-order valence-corrected chi connectivity index (χ3v) is 15.8. The molecule has 15 nitrogen and oxygen atoms in total. The predicted molar refractivity (Wildman–Crippen MR) is 222 cm³/mol. The van der Waals surface area contributed by atoms with E-state index < -0.39 is 79.5 Å². The Morgan fingerprint density at radius 1 is 0.839 bits per heavy atom. The molecule has 2 heterocycles. The summed E-state index contributed by atoms with van der Waals surface area (Å²) >= 11 is 0. The van der Waals surface area contributed by atoms with Crippen LogP contribution in [0, 0.1) is 46.3 Å². The summed E-state index contributed by atoms with van der Waals surface area (Å²) in [5.74, 6) is -0.292. The monoisotopic (exact) mass is 874 g/mol. The van der Waals surface area contributed by atoms with Gasteiger partial charge in [-0.25, -0.2) is 4.79 Å². The fraction of sp³-hybridized carbons (Fsp3) is 0.787. The van der Waals surface area contributed by atoms with Crippen molar-refractivity contribution in [2.45, 2.75) is 160 Å². The zero-order valence-electron chi connectivity index (χ0n) is 37.0. The molecule has 15 heteroatoms. The second-order valence-electron chi connectivity index (χ2n) is 19.8. The van der Waals surface area contributed by atoms with Gasteiger partial charge in [0, 0.05) is 13.5 Å². The molecule has 0 radical (unpaired) electrons. The van der Waals surface area contributed by atoms with Gasteiger partial charge >= 0.3 is 11.9 Å². The van der Waals surface area contributed by atoms with Crippen LogP contribution in [0.5, 0.6) is 5.75 Å². The first-order chi connectivity index (χ1) is 29.5. The number of hydrogen-bond acceptors (Lipinski definition) is 15. The van der Waals surface area contributed by atoms with Gasteiger partial charge in [0.2, 0.25) is 0 Å². The molecule has 1 aromatic rings. The summed E-state index contributed by atoms with van der Waals surface area (Å²) in [4.78, 5) is 26.1. The fourth-order valence-corrected chi connectivity index (χ4v) is 12.5. The van der Waals surface area contributed by atoms with E-state index in [2.05, 4.69) is 33.8 Å². The zero-order chi connectivity index (χ0) is 44.7. The third kappa shape index (κ3) is 9.36. The lowest BCUT2D eigenvalue weighted by molar-refractivity contribution is -0.340. The van der Waals surface area contributed by atoms with Crippen molar-refractivity contribution >= 4 is 11.9 Å². The van der Waals surface area contributed by atoms with Crippen LogP contribution < -0.4 is 4.74 Å². The van der Waals surface area contributed by atoms with Crippen LogP contribution in [-0.4, -0.2) is 137 Å². The van der Waals surface area contributed by atoms with Crippen LogP contribution in [0.3, 0.4) is 0 Å². The van der Waals surface area contributed by atoms with E-state index in [9.17, 15) is 40.2 Å². The van der Waals surface area contributed by atoms with Crippen LogP contribution in [-0.2, 0) is 33.2 Å². The van der Waals surface area contributed by atoms with E-state index in [0.29, 0.717) is 25.0 Å². The van der Waals surface area contributed by atoms with E-state index in [1.807, 2.05) is 0 Å². The van der Waals surface area contributed by atoms with E-state index >= 15 is 0 Å². The molecule has 0 aromatic heterocycles. The molecule has 2 saturated heterocycles. The minimum Gasteiger partial charge on any atom is -0.497 e. The van der Waals surface area contributed by atoms with Crippen molar-refractivity contribution < 1.29 is 73.4 Å². The van der Waals surface area contributed by atoms with Gasteiger partial charge in [-0.3, -0.25) is 4.79 Å². The lowest BCUT2D eigenvalue weighted by Crippen LogP contribution is -2.63. The Kier molecular flexibility index (Phi) is 14.8. The lowest BCUT2D eigenvalue weighted by Gasteiger charge is -2.60. The number of methoxy groups -OCH3 is 1. The molecule has 6 aliphatic rings. The van der Waals surface area contributed by atoms with Crippen molar-refractivity contribution in [1.82, 2.24) is 0 Å². The van der Waals surface area contributed by atoms with Crippen LogP contribution in [0.1, 0.15) is 103 Å². The molecule has 62 heavy (non-hydrogen) atoms. The molecule has 0 amide bonds. The number of rotatable bonds is 14. The Bertz CT molecular complexity index is 1720. The summed E-state index contributed by atoms with van der Waals surface area (Å²) in [6.45, 7) is 9.65. The quantitative estimate of drug-likeness (QED) is 0.116. The summed E-state index contributed by atoms with van der Waals surface area (Å²) in [5.41, 5.74) is 0.863. The first-order valence-electron chi connectivity index (χ1n) is 22.8. The Labute approximate surface area is 365 Å². The Morgan fingerprint density at radius 2 is 1.53 bits per heavy atom. The van der Waals surface area contributed by atoms with Gasteiger partial charge in [-0.15, -0.1) is 0 Å². The van der Waals surface area contributed by atoms with E-state index in [4.69, 9.17) is 33.2 Å². The minimum absolute atomic E-state index is 0.0631. The molecule has 2 aliphatic heterocycles. The summed E-state index contributed by atoms with van der Waals surface area (Å²) in [6.07, 6.45) is -3.59. The maximum atomic E-state index is 13.3. The number of aliphatic hydroxyl groups excluding tert-OH is 6. The third-order valence-electron chi connectivity index (χ3n) is 15.8. The van der Waals surface area contributed by atoms with Crippen molar-refractivity contribution in [3.63, 3.8) is 0 Å². The first-order valence-corrected chi connectivity index (χ1v) is 22.8. The molecular weight excluding hydrogens is 805 g/mol. The second kappa shape index (κ2) is 19.4. The topological polar surface area (TPSA) is 220 Å². The highest BCUT2D eigenvalue weighted by molar-refractivity contribution is 5.89. The summed E-state index contributed by atoms with van der Waals surface area (Å²) in [6, 6.07) is 6.10. The molecule has 7 rings (SSSR count). The molecule has 1 aromatic carbocycles. The Hall–Kier alpha value is -2.70. The largest absolute Gasteiger partial charge is 0.497 e. The standard InChI is InChI=1S/C47H70O15/c1-24(21-48)8-7-9-25(2)38-33(51)20-32-37-31(15-17-47(32,38)5)46(4)16-14-29(50)18-28(46)19-36(37)60-45-42(59-26(3)49)40(35(53)23-58-45)62-44-41(39(54)34(52)22-57-44)61-43(55)27-10-12-30(56-6)13-11-27/h10-13,19,24-25,29,31-42,44-45,48,50-54H,7-9,14-18,20-23H2,1-6H3/t24-,25-,29+,31?,32?,33+,34-,35+,36+,37?,38+,39+,40+,41-,42-,44+,45+,46+,47+/m1/s1. The van der Waals surface area contributed by atoms with Crippen LogP contribution in [0.2, 0.25) is 0 Å². The van der Waals surface area contributed by atoms with Crippen LogP contribution in [0.4, 0.5) is 0 Å². The van der Waals surface area contributed by atoms with Crippen molar-refractivity contribution in [1.29, 1.82) is 0 Å². The fourth-order valence-electron chi connectivity index (χ4n) is 12.5. The van der Waals surface area contributed by atoms with Crippen molar-refractivity contribution in [2.24, 2.45) is 46.3 Å². The number of aliphatic hydroxyl groups is 6. The smallest absolute Gasteiger partial charge is 0.338 e. The molecular formula is C47H70O15. The van der Waals surface area contributed by atoms with Crippen molar-refractivity contribution in [3.05, 3.63) is 41.5 Å². The highest BCUT2D eigenvalue weighted by atomic mass is 16.7. The maximum absolute atomic E-state index is 13.3. The molecule has 3 unspecified atom stereocenters. The minimum atomic E-state index is -1.63. The van der Waals surface area contributed by atoms with E-state index in [-0.39, 0.29) is 71.7 Å². The molecule has 3 saturated carbocycles. The van der Waals surface area contributed by atoms with Gasteiger partial charge in [0.1, 0.15) is 30.2 Å². The van der Waals surface area contributed by atoms with Gasteiger partial charge in [0.05, 0.1) is 44.2 Å². The number of carbonyl (C=O) groups is 2. The van der Waals surface area contributed by atoms with E-state index in [0.717, 1.165) is 44.1 Å². The Morgan fingerprint density at radius 3 is 2.21 bits per heavy atom. The van der Waals surface area contributed by atoms with Gasteiger partial charge in [-0.1, -0.05) is 52.2 Å². The van der Waals surface area contributed by atoms with E-state index in [1.165, 1.54) is 26.2 Å². The van der Waals surface area contributed by atoms with Crippen molar-refractivity contribution in [3.8, 4) is 5.75 Å². The summed E-state index contributed by atoms with van der Waals surface area (Å²) < 4.78 is 42.1. The summed E-state index contributed by atoms with van der Waals surface area (Å²) in [5, 5.41) is 65.6. The number of benzene rings is 1. The average molecular weight is 875 g/mol. The molecule has 0 bridgehead atoms. The molecule has 6 N–H and O–H groups in total. The maximum Gasteiger partial charge on any atom is 0.338 e. The lowest BCUT2D eigenvalue weighted by atomic mass is 9.46. The van der Waals surface area contributed by atoms with Gasteiger partial charge in [0.15, 0.2) is 24.8 Å². The first kappa shape index (κ1) is 47.3. The number of esters is 2. The van der Waals surface area contributed by atoms with E-state index in [1.54, 1.807) is 12.1 Å². The predicted octanol–water partition coefficient (Wildman–Crippen LogP) is 3.67. The summed E-state index contributed by atoms with van der Waals surface area (Å²) in [7, 11) is 1.49. The molecule has 0 spiro atoms. The Balaban J connectivity index is 1.16. The highest BCUT2D eigenvalue weighted by Gasteiger charge is 2.64. The number of fused-ring (bicyclic) bond motifs is 5. The molecule has 19 atom stereocenters. The number of ether oxygens (including phenoxy) is 7. The number of carbonyl (C=O) groups excluding carboxylic acids is 2. The van der Waals surface area contributed by atoms with Gasteiger partial charge in [-0.2, -0.15) is 0 Å². The van der Waals surface area contributed by atoms with Gasteiger partial charge in [-0.05, 0) is 116 Å². The van der Waals surface area contributed by atoms with Gasteiger partial charge < -0.3 is 63.8 Å².